The SMILES string of the molecule is CNC1(CO)CCCC1CCN1CCc2ccc(F)cc21. The number of benzene rings is 1. The summed E-state index contributed by atoms with van der Waals surface area (Å²) in [6, 6.07) is 5.12. The maximum absolute atomic E-state index is 13.4. The Morgan fingerprint density at radius 3 is 3.10 bits per heavy atom. The van der Waals surface area contributed by atoms with Gasteiger partial charge in [0, 0.05) is 24.3 Å². The maximum Gasteiger partial charge on any atom is 0.125 e. The van der Waals surface area contributed by atoms with E-state index in [2.05, 4.69) is 10.2 Å². The zero-order valence-corrected chi connectivity index (χ0v) is 12.7. The monoisotopic (exact) mass is 292 g/mol. The minimum atomic E-state index is -0.151. The number of rotatable bonds is 5. The topological polar surface area (TPSA) is 35.5 Å². The van der Waals surface area contributed by atoms with Gasteiger partial charge in [0.15, 0.2) is 0 Å². The summed E-state index contributed by atoms with van der Waals surface area (Å²) in [6.07, 6.45) is 5.47. The number of hydrogen-bond donors (Lipinski definition) is 2. The summed E-state index contributed by atoms with van der Waals surface area (Å²) in [6.45, 7) is 2.14. The lowest BCUT2D eigenvalue weighted by Gasteiger charge is -2.35. The van der Waals surface area contributed by atoms with Crippen LogP contribution < -0.4 is 10.2 Å². The lowest BCUT2D eigenvalue weighted by atomic mass is 9.85. The number of aliphatic hydroxyl groups is 1. The van der Waals surface area contributed by atoms with Crippen LogP contribution >= 0.6 is 0 Å². The Kier molecular flexibility index (Phi) is 4.18. The van der Waals surface area contributed by atoms with Crippen LogP contribution in [0.5, 0.6) is 0 Å². The van der Waals surface area contributed by atoms with E-state index in [0.29, 0.717) is 5.92 Å². The van der Waals surface area contributed by atoms with Gasteiger partial charge in [0.1, 0.15) is 5.82 Å². The van der Waals surface area contributed by atoms with Gasteiger partial charge in [-0.15, -0.1) is 0 Å². The van der Waals surface area contributed by atoms with Gasteiger partial charge in [-0.1, -0.05) is 12.5 Å². The first-order chi connectivity index (χ1) is 10.2. The first kappa shape index (κ1) is 14.8. The van der Waals surface area contributed by atoms with Crippen molar-refractivity contribution in [1.82, 2.24) is 5.32 Å². The van der Waals surface area contributed by atoms with Crippen molar-refractivity contribution < 1.29 is 9.50 Å². The Balaban J connectivity index is 1.66. The van der Waals surface area contributed by atoms with Crippen molar-refractivity contribution >= 4 is 5.69 Å². The summed E-state index contributed by atoms with van der Waals surface area (Å²) >= 11 is 0. The Morgan fingerprint density at radius 2 is 2.33 bits per heavy atom. The summed E-state index contributed by atoms with van der Waals surface area (Å²) in [7, 11) is 1.95. The van der Waals surface area contributed by atoms with E-state index in [9.17, 15) is 9.50 Å². The van der Waals surface area contributed by atoms with E-state index in [1.165, 1.54) is 18.4 Å². The first-order valence-corrected chi connectivity index (χ1v) is 8.02. The molecule has 0 radical (unpaired) electrons. The van der Waals surface area contributed by atoms with Gasteiger partial charge in [-0.3, -0.25) is 0 Å². The van der Waals surface area contributed by atoms with E-state index in [1.54, 1.807) is 12.1 Å². The molecular weight excluding hydrogens is 267 g/mol. The zero-order chi connectivity index (χ0) is 14.9. The quantitative estimate of drug-likeness (QED) is 0.874. The molecule has 1 saturated carbocycles. The van der Waals surface area contributed by atoms with Crippen LogP contribution in [0.1, 0.15) is 31.2 Å². The Labute approximate surface area is 126 Å². The molecular formula is C17H25FN2O. The molecule has 2 unspecified atom stereocenters. The number of fused-ring (bicyclic) bond motifs is 1. The molecule has 0 saturated heterocycles. The fourth-order valence-electron chi connectivity index (χ4n) is 4.14. The molecule has 3 rings (SSSR count). The van der Waals surface area contributed by atoms with E-state index in [1.807, 2.05) is 13.1 Å². The molecule has 1 heterocycles. The van der Waals surface area contributed by atoms with E-state index >= 15 is 0 Å². The summed E-state index contributed by atoms with van der Waals surface area (Å²) < 4.78 is 13.4. The van der Waals surface area contributed by atoms with Gasteiger partial charge >= 0.3 is 0 Å². The molecule has 0 bridgehead atoms. The van der Waals surface area contributed by atoms with Crippen LogP contribution in [-0.4, -0.2) is 37.4 Å². The molecule has 1 aromatic carbocycles. The molecule has 1 fully saturated rings. The number of likely N-dealkylation sites (N-methyl/N-ethyl adjacent to an activating group) is 1. The molecule has 2 N–H and O–H groups in total. The van der Waals surface area contributed by atoms with Gasteiger partial charge in [0.2, 0.25) is 0 Å². The predicted octanol–water partition coefficient (Wildman–Crippen LogP) is 2.33. The number of nitrogens with zero attached hydrogens (tertiary/aromatic N) is 1. The van der Waals surface area contributed by atoms with E-state index < -0.39 is 0 Å². The smallest absolute Gasteiger partial charge is 0.125 e. The second-order valence-electron chi connectivity index (χ2n) is 6.45. The Morgan fingerprint density at radius 1 is 1.48 bits per heavy atom. The van der Waals surface area contributed by atoms with Gasteiger partial charge in [-0.25, -0.2) is 4.39 Å². The number of hydrogen-bond acceptors (Lipinski definition) is 3. The van der Waals surface area contributed by atoms with Crippen LogP contribution in [0.2, 0.25) is 0 Å². The summed E-state index contributed by atoms with van der Waals surface area (Å²) in [5.41, 5.74) is 2.21. The van der Waals surface area contributed by atoms with Crippen molar-refractivity contribution in [3.8, 4) is 0 Å². The fraction of sp³-hybridized carbons (Fsp3) is 0.647. The number of aliphatic hydroxyl groups excluding tert-OH is 1. The van der Waals surface area contributed by atoms with Crippen LogP contribution in [0.4, 0.5) is 10.1 Å². The highest BCUT2D eigenvalue weighted by Gasteiger charge is 2.41. The van der Waals surface area contributed by atoms with Gasteiger partial charge in [0.25, 0.3) is 0 Å². The molecule has 21 heavy (non-hydrogen) atoms. The van der Waals surface area contributed by atoms with Crippen LogP contribution in [0.15, 0.2) is 18.2 Å². The minimum absolute atomic E-state index is 0.107. The van der Waals surface area contributed by atoms with Crippen LogP contribution in [0.25, 0.3) is 0 Å². The van der Waals surface area contributed by atoms with Crippen LogP contribution in [0.3, 0.4) is 0 Å². The third kappa shape index (κ3) is 2.67. The van der Waals surface area contributed by atoms with Crippen molar-refractivity contribution in [2.75, 3.05) is 31.6 Å². The molecule has 3 nitrogen and oxygen atoms in total. The number of halogens is 1. The molecule has 2 aliphatic rings. The third-order valence-corrected chi connectivity index (χ3v) is 5.52. The van der Waals surface area contributed by atoms with Crippen molar-refractivity contribution in [3.63, 3.8) is 0 Å². The lowest BCUT2D eigenvalue weighted by Crippen LogP contribution is -2.50. The Bertz CT molecular complexity index is 502. The van der Waals surface area contributed by atoms with Crippen LogP contribution in [0, 0.1) is 11.7 Å². The molecule has 2 atom stereocenters. The molecule has 0 spiro atoms. The largest absolute Gasteiger partial charge is 0.394 e. The van der Waals surface area contributed by atoms with Gasteiger partial charge in [-0.05, 0) is 56.3 Å². The van der Waals surface area contributed by atoms with Gasteiger partial charge in [0.05, 0.1) is 6.61 Å². The van der Waals surface area contributed by atoms with Crippen LogP contribution in [-0.2, 0) is 6.42 Å². The second kappa shape index (κ2) is 5.93. The molecule has 0 amide bonds. The van der Waals surface area contributed by atoms with Gasteiger partial charge < -0.3 is 15.3 Å². The molecule has 4 heteroatoms. The predicted molar refractivity (Wildman–Crippen MR) is 83.2 cm³/mol. The van der Waals surface area contributed by atoms with Crippen molar-refractivity contribution in [2.45, 2.75) is 37.6 Å². The van der Waals surface area contributed by atoms with Crippen molar-refractivity contribution in [2.24, 2.45) is 5.92 Å². The van der Waals surface area contributed by atoms with Crippen molar-refractivity contribution in [3.05, 3.63) is 29.6 Å². The normalized spacial score (nSPS) is 28.1. The van der Waals surface area contributed by atoms with Crippen molar-refractivity contribution in [1.29, 1.82) is 0 Å². The highest BCUT2D eigenvalue weighted by Crippen LogP contribution is 2.38. The van der Waals surface area contributed by atoms with E-state index in [-0.39, 0.29) is 18.0 Å². The molecule has 116 valence electrons. The lowest BCUT2D eigenvalue weighted by molar-refractivity contribution is 0.128. The first-order valence-electron chi connectivity index (χ1n) is 8.02. The fourth-order valence-corrected chi connectivity index (χ4v) is 4.14. The zero-order valence-electron chi connectivity index (χ0n) is 12.7. The minimum Gasteiger partial charge on any atom is -0.394 e. The summed E-state index contributed by atoms with van der Waals surface area (Å²) in [4.78, 5) is 2.30. The average molecular weight is 292 g/mol. The molecule has 1 aliphatic heterocycles. The number of nitrogens with one attached hydrogen (secondary N) is 1. The second-order valence-corrected chi connectivity index (χ2v) is 6.45. The standard InChI is InChI=1S/C17H25FN2O/c1-19-17(12-21)8-2-3-14(17)7-10-20-9-6-13-4-5-15(18)11-16(13)20/h4-5,11,14,19,21H,2-3,6-10,12H2,1H3. The highest BCUT2D eigenvalue weighted by molar-refractivity contribution is 5.58. The van der Waals surface area contributed by atoms with E-state index in [0.717, 1.165) is 38.0 Å². The third-order valence-electron chi connectivity index (χ3n) is 5.52. The summed E-state index contributed by atoms with van der Waals surface area (Å²) in [5.74, 6) is 0.353. The summed E-state index contributed by atoms with van der Waals surface area (Å²) in [5, 5.41) is 13.1. The Hall–Kier alpha value is -1.13. The van der Waals surface area contributed by atoms with E-state index in [4.69, 9.17) is 0 Å². The highest BCUT2D eigenvalue weighted by atomic mass is 19.1. The molecule has 1 aromatic rings. The average Bonchev–Trinajstić information content (AvgIpc) is 3.08. The number of anilines is 1. The molecule has 1 aliphatic carbocycles. The maximum atomic E-state index is 13.4. The van der Waals surface area contributed by atoms with Gasteiger partial charge in [-0.2, -0.15) is 0 Å². The molecule has 0 aromatic heterocycles.